The molecule has 0 fully saturated rings. The molecule has 0 amide bonds. The van der Waals surface area contributed by atoms with Gasteiger partial charge in [0.25, 0.3) is 0 Å². The smallest absolute Gasteiger partial charge is 0.372 e. The number of nitrogens with two attached hydrogens (primary N) is 1. The van der Waals surface area contributed by atoms with Crippen molar-refractivity contribution in [3.8, 4) is 0 Å². The molecule has 0 bridgehead atoms. The second-order valence-electron chi connectivity index (χ2n) is 3.93. The molecule has 1 aromatic rings. The van der Waals surface area contributed by atoms with Gasteiger partial charge in [-0.25, -0.2) is 0 Å². The van der Waals surface area contributed by atoms with Gasteiger partial charge in [-0.1, -0.05) is 0 Å². The molecule has 0 radical (unpaired) electrons. The number of alkyl halides is 3. The first kappa shape index (κ1) is 15.4. The predicted octanol–water partition coefficient (Wildman–Crippen LogP) is 2.68. The average Bonchev–Trinajstić information content (AvgIpc) is 2.23. The van der Waals surface area contributed by atoms with Crippen LogP contribution in [0, 0.1) is 0 Å². The van der Waals surface area contributed by atoms with E-state index >= 15 is 0 Å². The van der Waals surface area contributed by atoms with Crippen molar-refractivity contribution in [2.24, 2.45) is 5.73 Å². The van der Waals surface area contributed by atoms with E-state index in [-0.39, 0.29) is 12.6 Å². The zero-order chi connectivity index (χ0) is 13.6. The number of halogens is 4. The summed E-state index contributed by atoms with van der Waals surface area (Å²) in [6, 6.07) is 1.64. The summed E-state index contributed by atoms with van der Waals surface area (Å²) in [4.78, 5) is 3.98. The van der Waals surface area contributed by atoms with Crippen molar-refractivity contribution in [1.29, 1.82) is 0 Å². The zero-order valence-electron chi connectivity index (χ0n) is 9.58. The van der Waals surface area contributed by atoms with Gasteiger partial charge in [0.15, 0.2) is 0 Å². The summed E-state index contributed by atoms with van der Waals surface area (Å²) < 4.78 is 40.8. The summed E-state index contributed by atoms with van der Waals surface area (Å²) in [5.41, 5.74) is 6.74. The third kappa shape index (κ3) is 6.93. The maximum atomic E-state index is 11.8. The van der Waals surface area contributed by atoms with Crippen molar-refractivity contribution in [3.63, 3.8) is 0 Å². The molecular formula is C11H14BrF3N2O. The van der Waals surface area contributed by atoms with Gasteiger partial charge >= 0.3 is 6.18 Å². The van der Waals surface area contributed by atoms with Gasteiger partial charge in [0, 0.05) is 29.5 Å². The van der Waals surface area contributed by atoms with E-state index in [1.807, 2.05) is 6.07 Å². The van der Waals surface area contributed by atoms with Crippen molar-refractivity contribution in [3.05, 3.63) is 28.5 Å². The van der Waals surface area contributed by atoms with Gasteiger partial charge in [0.2, 0.25) is 0 Å². The van der Waals surface area contributed by atoms with E-state index in [0.717, 1.165) is 10.0 Å². The Morgan fingerprint density at radius 3 is 2.72 bits per heavy atom. The minimum atomic E-state index is -4.28. The largest absolute Gasteiger partial charge is 0.411 e. The van der Waals surface area contributed by atoms with E-state index in [1.165, 1.54) is 0 Å². The number of rotatable bonds is 6. The van der Waals surface area contributed by atoms with E-state index < -0.39 is 12.8 Å². The highest BCUT2D eigenvalue weighted by molar-refractivity contribution is 9.10. The highest BCUT2D eigenvalue weighted by Gasteiger charge is 2.27. The van der Waals surface area contributed by atoms with Gasteiger partial charge in [0.1, 0.15) is 6.61 Å². The fraction of sp³-hybridized carbons (Fsp3) is 0.545. The lowest BCUT2D eigenvalue weighted by Gasteiger charge is -2.12. The lowest BCUT2D eigenvalue weighted by atomic mass is 10.1. The molecule has 0 aliphatic heterocycles. The van der Waals surface area contributed by atoms with Crippen LogP contribution in [0.4, 0.5) is 13.2 Å². The number of ether oxygens (including phenoxy) is 1. The van der Waals surface area contributed by atoms with Crippen LogP contribution in [0.25, 0.3) is 0 Å². The Hall–Kier alpha value is -0.660. The molecule has 1 rings (SSSR count). The minimum Gasteiger partial charge on any atom is -0.372 e. The highest BCUT2D eigenvalue weighted by Crippen LogP contribution is 2.15. The van der Waals surface area contributed by atoms with Crippen LogP contribution in [-0.2, 0) is 11.2 Å². The van der Waals surface area contributed by atoms with Crippen LogP contribution in [-0.4, -0.2) is 30.4 Å². The number of hydrogen-bond acceptors (Lipinski definition) is 3. The second-order valence-corrected chi connectivity index (χ2v) is 4.85. The average molecular weight is 327 g/mol. The Labute approximate surface area is 112 Å². The SMILES string of the molecule is NC(CCOCC(F)(F)F)Cc1cncc(Br)c1. The van der Waals surface area contributed by atoms with E-state index in [2.05, 4.69) is 25.7 Å². The predicted molar refractivity (Wildman–Crippen MR) is 65.1 cm³/mol. The normalized spacial score (nSPS) is 13.6. The molecule has 3 nitrogen and oxygen atoms in total. The Bertz CT molecular complexity index is 374. The summed E-state index contributed by atoms with van der Waals surface area (Å²) >= 11 is 3.28. The lowest BCUT2D eigenvalue weighted by molar-refractivity contribution is -0.174. The Morgan fingerprint density at radius 2 is 2.11 bits per heavy atom. The fourth-order valence-corrected chi connectivity index (χ4v) is 1.81. The van der Waals surface area contributed by atoms with Gasteiger partial charge in [0.05, 0.1) is 0 Å². The molecule has 1 heterocycles. The molecule has 1 aromatic heterocycles. The van der Waals surface area contributed by atoms with Crippen molar-refractivity contribution in [1.82, 2.24) is 4.98 Å². The first-order valence-corrected chi connectivity index (χ1v) is 6.15. The van der Waals surface area contributed by atoms with E-state index in [9.17, 15) is 13.2 Å². The maximum absolute atomic E-state index is 11.8. The van der Waals surface area contributed by atoms with Gasteiger partial charge in [-0.05, 0) is 40.4 Å². The third-order valence-electron chi connectivity index (χ3n) is 2.16. The van der Waals surface area contributed by atoms with Crippen molar-refractivity contribution in [2.75, 3.05) is 13.2 Å². The van der Waals surface area contributed by atoms with Crippen molar-refractivity contribution >= 4 is 15.9 Å². The first-order valence-electron chi connectivity index (χ1n) is 5.36. The Morgan fingerprint density at radius 1 is 1.39 bits per heavy atom. The summed E-state index contributed by atoms with van der Waals surface area (Å²) in [6.07, 6.45) is -0.00855. The zero-order valence-corrected chi connectivity index (χ0v) is 11.2. The Balaban J connectivity index is 2.24. The number of hydrogen-bond donors (Lipinski definition) is 1. The summed E-state index contributed by atoms with van der Waals surface area (Å²) in [5.74, 6) is 0. The van der Waals surface area contributed by atoms with E-state index in [0.29, 0.717) is 12.8 Å². The second kappa shape index (κ2) is 7.06. The van der Waals surface area contributed by atoms with Gasteiger partial charge in [-0.2, -0.15) is 13.2 Å². The van der Waals surface area contributed by atoms with E-state index in [4.69, 9.17) is 5.73 Å². The van der Waals surface area contributed by atoms with Gasteiger partial charge in [-0.15, -0.1) is 0 Å². The number of pyridine rings is 1. The summed E-state index contributed by atoms with van der Waals surface area (Å²) in [7, 11) is 0. The molecule has 18 heavy (non-hydrogen) atoms. The molecular weight excluding hydrogens is 313 g/mol. The van der Waals surface area contributed by atoms with Gasteiger partial charge < -0.3 is 10.5 Å². The molecule has 2 N–H and O–H groups in total. The fourth-order valence-electron chi connectivity index (χ4n) is 1.39. The van der Waals surface area contributed by atoms with E-state index in [1.54, 1.807) is 12.4 Å². The number of nitrogens with zero attached hydrogens (tertiary/aromatic N) is 1. The van der Waals surface area contributed by atoms with Crippen LogP contribution >= 0.6 is 15.9 Å². The molecule has 0 aromatic carbocycles. The molecule has 0 spiro atoms. The van der Waals surface area contributed by atoms with Crippen LogP contribution in [0.3, 0.4) is 0 Å². The molecule has 102 valence electrons. The van der Waals surface area contributed by atoms with Crippen LogP contribution < -0.4 is 5.73 Å². The van der Waals surface area contributed by atoms with Crippen molar-refractivity contribution < 1.29 is 17.9 Å². The molecule has 0 saturated heterocycles. The third-order valence-corrected chi connectivity index (χ3v) is 2.59. The highest BCUT2D eigenvalue weighted by atomic mass is 79.9. The molecule has 0 aliphatic carbocycles. The Kier molecular flexibility index (Phi) is 6.04. The molecule has 1 atom stereocenters. The van der Waals surface area contributed by atoms with Gasteiger partial charge in [-0.3, -0.25) is 4.98 Å². The topological polar surface area (TPSA) is 48.1 Å². The maximum Gasteiger partial charge on any atom is 0.411 e. The first-order chi connectivity index (χ1) is 8.37. The quantitative estimate of drug-likeness (QED) is 0.817. The summed E-state index contributed by atoms with van der Waals surface area (Å²) in [6.45, 7) is -1.22. The standard InChI is InChI=1S/C11H14BrF3N2O/c12-9-3-8(5-17-6-9)4-10(16)1-2-18-7-11(13,14)15/h3,5-6,10H,1-2,4,7,16H2. The lowest BCUT2D eigenvalue weighted by Crippen LogP contribution is -2.26. The minimum absolute atomic E-state index is 0.00209. The van der Waals surface area contributed by atoms with Crippen molar-refractivity contribution in [2.45, 2.75) is 25.1 Å². The molecule has 7 heteroatoms. The molecule has 1 unspecified atom stereocenters. The van der Waals surface area contributed by atoms with Crippen LogP contribution in [0.1, 0.15) is 12.0 Å². The van der Waals surface area contributed by atoms with Crippen LogP contribution in [0.15, 0.2) is 22.9 Å². The summed E-state index contributed by atoms with van der Waals surface area (Å²) in [5, 5.41) is 0. The molecule has 0 aliphatic rings. The molecule has 0 saturated carbocycles. The number of aromatic nitrogens is 1. The monoisotopic (exact) mass is 326 g/mol. The van der Waals surface area contributed by atoms with Crippen LogP contribution in [0.2, 0.25) is 0 Å². The van der Waals surface area contributed by atoms with Crippen LogP contribution in [0.5, 0.6) is 0 Å².